The van der Waals surface area contributed by atoms with Crippen LogP contribution in [0.1, 0.15) is 31.4 Å². The Hall–Kier alpha value is -1.35. The summed E-state index contributed by atoms with van der Waals surface area (Å²) in [5, 5.41) is 4.40. The van der Waals surface area contributed by atoms with Crippen LogP contribution < -0.4 is 5.32 Å². The second-order valence-corrected chi connectivity index (χ2v) is 6.52. The standard InChI is InChI=1S/C16H16ClN3Se/c1-2-4-13(11-7-9-12(17)10-8-11)18-14-5-3-6-15-16(14)20-21-19-15/h3,5-10,13,18H,2,4H2,1H3. The summed E-state index contributed by atoms with van der Waals surface area (Å²) in [6.07, 6.45) is 2.17. The molecule has 0 aliphatic rings. The molecule has 1 N–H and O–H groups in total. The number of benzene rings is 2. The van der Waals surface area contributed by atoms with Crippen LogP contribution in [0.2, 0.25) is 5.02 Å². The van der Waals surface area contributed by atoms with Crippen molar-refractivity contribution in [2.45, 2.75) is 25.8 Å². The molecule has 0 aliphatic heterocycles. The first kappa shape index (κ1) is 14.6. The number of hydrogen-bond donors (Lipinski definition) is 1. The summed E-state index contributed by atoms with van der Waals surface area (Å²) in [5.41, 5.74) is 4.34. The van der Waals surface area contributed by atoms with Gasteiger partial charge in [0.1, 0.15) is 0 Å². The molecule has 3 rings (SSSR count). The van der Waals surface area contributed by atoms with Crippen molar-refractivity contribution in [3.05, 3.63) is 53.1 Å². The van der Waals surface area contributed by atoms with E-state index in [1.807, 2.05) is 24.3 Å². The molecule has 0 fully saturated rings. The van der Waals surface area contributed by atoms with E-state index in [0.717, 1.165) is 34.6 Å². The van der Waals surface area contributed by atoms with E-state index in [0.29, 0.717) is 0 Å². The van der Waals surface area contributed by atoms with E-state index in [-0.39, 0.29) is 21.0 Å². The van der Waals surface area contributed by atoms with Crippen molar-refractivity contribution in [3.8, 4) is 0 Å². The fourth-order valence-electron chi connectivity index (χ4n) is 2.42. The Kier molecular flexibility index (Phi) is 4.59. The van der Waals surface area contributed by atoms with Gasteiger partial charge in [-0.15, -0.1) is 0 Å². The van der Waals surface area contributed by atoms with Crippen LogP contribution >= 0.6 is 11.6 Å². The molecule has 21 heavy (non-hydrogen) atoms. The van der Waals surface area contributed by atoms with Crippen molar-refractivity contribution in [3.63, 3.8) is 0 Å². The van der Waals surface area contributed by atoms with Gasteiger partial charge in [-0.25, -0.2) is 0 Å². The molecule has 0 saturated heterocycles. The van der Waals surface area contributed by atoms with E-state index in [1.165, 1.54) is 5.56 Å². The van der Waals surface area contributed by atoms with Crippen molar-refractivity contribution in [1.82, 2.24) is 7.96 Å². The fraction of sp³-hybridized carbons (Fsp3) is 0.250. The minimum atomic E-state index is 0.000637. The van der Waals surface area contributed by atoms with Crippen molar-refractivity contribution in [2.24, 2.45) is 0 Å². The van der Waals surface area contributed by atoms with E-state index in [4.69, 9.17) is 11.6 Å². The van der Waals surface area contributed by atoms with Gasteiger partial charge in [-0.3, -0.25) is 0 Å². The zero-order valence-electron chi connectivity index (χ0n) is 11.7. The Labute approximate surface area is 135 Å². The first-order chi connectivity index (χ1) is 10.3. The molecule has 1 heterocycles. The topological polar surface area (TPSA) is 37.8 Å². The molecule has 0 saturated carbocycles. The molecule has 108 valence electrons. The van der Waals surface area contributed by atoms with Crippen LogP contribution in [0.4, 0.5) is 5.69 Å². The average Bonchev–Trinajstić information content (AvgIpc) is 2.97. The van der Waals surface area contributed by atoms with E-state index >= 15 is 0 Å². The molecule has 0 bridgehead atoms. The number of nitrogens with zero attached hydrogens (tertiary/aromatic N) is 2. The first-order valence-electron chi connectivity index (χ1n) is 7.01. The molecular weight excluding hydrogens is 349 g/mol. The third kappa shape index (κ3) is 3.29. The summed E-state index contributed by atoms with van der Waals surface area (Å²) in [4.78, 5) is 0. The summed E-state index contributed by atoms with van der Waals surface area (Å²) < 4.78 is 8.97. The number of nitrogens with one attached hydrogen (secondary N) is 1. The SMILES string of the molecule is CCCC(Nc1cccc2n[se]nc12)c1ccc(Cl)cc1. The van der Waals surface area contributed by atoms with Crippen molar-refractivity contribution in [1.29, 1.82) is 0 Å². The van der Waals surface area contributed by atoms with Crippen LogP contribution in [0.25, 0.3) is 11.0 Å². The van der Waals surface area contributed by atoms with E-state index in [1.54, 1.807) is 0 Å². The minimum absolute atomic E-state index is 0.000637. The summed E-state index contributed by atoms with van der Waals surface area (Å²) in [7, 11) is 0. The van der Waals surface area contributed by atoms with E-state index < -0.39 is 0 Å². The van der Waals surface area contributed by atoms with Gasteiger partial charge in [0.25, 0.3) is 0 Å². The van der Waals surface area contributed by atoms with E-state index in [9.17, 15) is 0 Å². The monoisotopic (exact) mass is 365 g/mol. The number of hydrogen-bond acceptors (Lipinski definition) is 3. The molecular formula is C16H16ClN3Se. The number of halogens is 1. The van der Waals surface area contributed by atoms with Gasteiger partial charge < -0.3 is 0 Å². The predicted molar refractivity (Wildman–Crippen MR) is 89.2 cm³/mol. The van der Waals surface area contributed by atoms with Gasteiger partial charge in [0.2, 0.25) is 0 Å². The summed E-state index contributed by atoms with van der Waals surface area (Å²) in [6, 6.07) is 14.5. The number of fused-ring (bicyclic) bond motifs is 1. The van der Waals surface area contributed by atoms with Gasteiger partial charge >= 0.3 is 135 Å². The van der Waals surface area contributed by atoms with E-state index in [2.05, 4.69) is 38.4 Å². The molecule has 3 nitrogen and oxygen atoms in total. The molecule has 1 aromatic heterocycles. The molecule has 2 aromatic carbocycles. The van der Waals surface area contributed by atoms with Crippen molar-refractivity contribution in [2.75, 3.05) is 5.32 Å². The second kappa shape index (κ2) is 6.61. The predicted octanol–water partition coefficient (Wildman–Crippen LogP) is 4.29. The Bertz CT molecular complexity index is 724. The zero-order chi connectivity index (χ0) is 14.7. The molecule has 1 unspecified atom stereocenters. The number of anilines is 1. The summed E-state index contributed by atoms with van der Waals surface area (Å²) in [5.74, 6) is 0. The third-order valence-electron chi connectivity index (χ3n) is 3.47. The molecule has 3 aromatic rings. The molecule has 0 aliphatic carbocycles. The maximum atomic E-state index is 5.98. The van der Waals surface area contributed by atoms with Crippen LogP contribution in [-0.2, 0) is 0 Å². The number of rotatable bonds is 5. The molecule has 0 radical (unpaired) electrons. The van der Waals surface area contributed by atoms with Crippen LogP contribution in [0.5, 0.6) is 0 Å². The maximum absolute atomic E-state index is 5.98. The van der Waals surface area contributed by atoms with Gasteiger partial charge in [0, 0.05) is 0 Å². The summed E-state index contributed by atoms with van der Waals surface area (Å²) >= 11 is 5.99. The molecule has 0 spiro atoms. The first-order valence-corrected chi connectivity index (χ1v) is 8.92. The Balaban J connectivity index is 1.91. The van der Waals surface area contributed by atoms with Crippen molar-refractivity contribution < 1.29 is 0 Å². The second-order valence-electron chi connectivity index (χ2n) is 4.97. The van der Waals surface area contributed by atoms with Crippen molar-refractivity contribution >= 4 is 43.3 Å². The van der Waals surface area contributed by atoms with Gasteiger partial charge in [-0.05, 0) is 0 Å². The van der Waals surface area contributed by atoms with Crippen LogP contribution in [0, 0.1) is 0 Å². The van der Waals surface area contributed by atoms with Gasteiger partial charge in [0.05, 0.1) is 0 Å². The Morgan fingerprint density at radius 1 is 1.14 bits per heavy atom. The summed E-state index contributed by atoms with van der Waals surface area (Å²) in [6.45, 7) is 2.20. The van der Waals surface area contributed by atoms with Crippen LogP contribution in [-0.4, -0.2) is 22.9 Å². The number of aromatic nitrogens is 2. The Morgan fingerprint density at radius 2 is 1.95 bits per heavy atom. The average molecular weight is 365 g/mol. The van der Waals surface area contributed by atoms with Crippen LogP contribution in [0.3, 0.4) is 0 Å². The molecule has 0 amide bonds. The van der Waals surface area contributed by atoms with Gasteiger partial charge in [0.15, 0.2) is 0 Å². The fourth-order valence-corrected chi connectivity index (χ4v) is 3.70. The van der Waals surface area contributed by atoms with Crippen LogP contribution in [0.15, 0.2) is 42.5 Å². The Morgan fingerprint density at radius 3 is 2.71 bits per heavy atom. The molecule has 1 atom stereocenters. The van der Waals surface area contributed by atoms with Gasteiger partial charge in [-0.1, -0.05) is 0 Å². The quantitative estimate of drug-likeness (QED) is 0.686. The molecule has 5 heteroatoms. The van der Waals surface area contributed by atoms with Gasteiger partial charge in [-0.2, -0.15) is 0 Å². The zero-order valence-corrected chi connectivity index (χ0v) is 14.2. The third-order valence-corrected chi connectivity index (χ3v) is 4.86. The normalized spacial score (nSPS) is 12.5.